The predicted molar refractivity (Wildman–Crippen MR) is 159 cm³/mol. The molecule has 0 aromatic heterocycles. The summed E-state index contributed by atoms with van der Waals surface area (Å²) in [4.78, 5) is 12.7. The average molecular weight is 567 g/mol. The molecule has 6 fully saturated rings. The second-order valence-electron chi connectivity index (χ2n) is 15.6. The second kappa shape index (κ2) is 10.2. The van der Waals surface area contributed by atoms with Crippen molar-refractivity contribution >= 4 is 11.7 Å². The summed E-state index contributed by atoms with van der Waals surface area (Å²) in [6.07, 6.45) is 13.7. The van der Waals surface area contributed by atoms with E-state index in [0.717, 1.165) is 43.6 Å². The van der Waals surface area contributed by atoms with Crippen LogP contribution in [-0.4, -0.2) is 30.6 Å². The maximum atomic E-state index is 13.2. The fraction of sp³-hybridized carbons (Fsp3) is 0.800. The summed E-state index contributed by atoms with van der Waals surface area (Å²) >= 11 is 0. The number of amides is 2. The highest BCUT2D eigenvalue weighted by molar-refractivity contribution is 5.89. The highest BCUT2D eigenvalue weighted by Gasteiger charge is 2.68. The molecule has 5 nitrogen and oxygen atoms in total. The molecule has 1 aromatic rings. The fourth-order valence-electron chi connectivity index (χ4n) is 11.5. The van der Waals surface area contributed by atoms with E-state index in [0.29, 0.717) is 46.3 Å². The minimum absolute atomic E-state index is 0.177. The third-order valence-electron chi connectivity index (χ3n) is 13.6. The Kier molecular flexibility index (Phi) is 7.01. The van der Waals surface area contributed by atoms with E-state index in [4.69, 9.17) is 9.47 Å². The van der Waals surface area contributed by atoms with E-state index in [9.17, 15) is 9.18 Å². The van der Waals surface area contributed by atoms with Crippen LogP contribution in [0.5, 0.6) is 0 Å². The number of nitrogens with one attached hydrogen (secondary N) is 2. The standard InChI is InChI=1S/C35H51FN2O3/c1-21-6-5-15-35(40-20-21)22(2)31-30(41-35)19-29-27-12-7-23-18-26(38-32(39)37-25-10-8-24(36)9-11-25)13-16-33(23,3)28(27)14-17-34(29,31)4/h8-11,21-23,26-31H,5-7,12-20H2,1-4H3,(H2,37,38,39)/t21?,22-,23?,26+,27+,28?,29?,30-,31-,33-,34-,35+/m0/s1. The molecule has 41 heavy (non-hydrogen) atoms. The maximum Gasteiger partial charge on any atom is 0.319 e. The van der Waals surface area contributed by atoms with Crippen LogP contribution in [0.2, 0.25) is 0 Å². The van der Waals surface area contributed by atoms with E-state index in [1.165, 1.54) is 63.5 Å². The number of anilines is 1. The van der Waals surface area contributed by atoms with E-state index in [1.54, 1.807) is 12.1 Å². The van der Waals surface area contributed by atoms with Gasteiger partial charge in [0.05, 0.1) is 12.7 Å². The van der Waals surface area contributed by atoms with Crippen molar-refractivity contribution in [2.75, 3.05) is 11.9 Å². The van der Waals surface area contributed by atoms with Crippen molar-refractivity contribution in [3.8, 4) is 0 Å². The fourth-order valence-corrected chi connectivity index (χ4v) is 11.5. The molecule has 2 N–H and O–H groups in total. The van der Waals surface area contributed by atoms with E-state index >= 15 is 0 Å². The quantitative estimate of drug-likeness (QED) is 0.380. The van der Waals surface area contributed by atoms with Gasteiger partial charge >= 0.3 is 6.03 Å². The van der Waals surface area contributed by atoms with Crippen LogP contribution in [-0.2, 0) is 9.47 Å². The number of rotatable bonds is 2. The smallest absolute Gasteiger partial charge is 0.319 e. The van der Waals surface area contributed by atoms with Gasteiger partial charge in [0.15, 0.2) is 5.79 Å². The molecule has 7 rings (SSSR count). The van der Waals surface area contributed by atoms with Gasteiger partial charge in [-0.3, -0.25) is 0 Å². The predicted octanol–water partition coefficient (Wildman–Crippen LogP) is 8.15. The Morgan fingerprint density at radius 1 is 0.927 bits per heavy atom. The Morgan fingerprint density at radius 3 is 2.51 bits per heavy atom. The summed E-state index contributed by atoms with van der Waals surface area (Å²) < 4.78 is 26.9. The molecule has 0 bridgehead atoms. The summed E-state index contributed by atoms with van der Waals surface area (Å²) in [5, 5.41) is 6.13. The van der Waals surface area contributed by atoms with Crippen LogP contribution in [0.15, 0.2) is 24.3 Å². The second-order valence-corrected chi connectivity index (χ2v) is 15.6. The number of fused-ring (bicyclic) bond motifs is 7. The van der Waals surface area contributed by atoms with Gasteiger partial charge in [-0.2, -0.15) is 0 Å². The lowest BCUT2D eigenvalue weighted by atomic mass is 9.44. The normalized spacial score (nSPS) is 48.9. The van der Waals surface area contributed by atoms with Crippen molar-refractivity contribution < 1.29 is 18.7 Å². The maximum absolute atomic E-state index is 13.2. The summed E-state index contributed by atoms with van der Waals surface area (Å²) in [6.45, 7) is 10.8. The van der Waals surface area contributed by atoms with Crippen LogP contribution in [0.3, 0.4) is 0 Å². The van der Waals surface area contributed by atoms with Crippen LogP contribution in [0, 0.1) is 58.1 Å². The van der Waals surface area contributed by atoms with Gasteiger partial charge in [-0.1, -0.05) is 27.7 Å². The first kappa shape index (κ1) is 28.1. The highest BCUT2D eigenvalue weighted by Crippen LogP contribution is 2.71. The molecule has 2 amide bonds. The topological polar surface area (TPSA) is 59.6 Å². The zero-order valence-electron chi connectivity index (χ0n) is 25.6. The number of carbonyl (C=O) groups is 1. The highest BCUT2D eigenvalue weighted by atomic mass is 19.1. The molecule has 4 saturated carbocycles. The molecular weight excluding hydrogens is 515 g/mol. The first-order chi connectivity index (χ1) is 19.6. The number of halogens is 1. The van der Waals surface area contributed by atoms with E-state index in [1.807, 2.05) is 0 Å². The number of carbonyl (C=O) groups excluding carboxylic acids is 1. The van der Waals surface area contributed by atoms with Crippen LogP contribution >= 0.6 is 0 Å². The van der Waals surface area contributed by atoms with Crippen molar-refractivity contribution in [3.63, 3.8) is 0 Å². The molecule has 2 heterocycles. The Labute approximate surface area is 246 Å². The minimum atomic E-state index is -0.344. The van der Waals surface area contributed by atoms with Gasteiger partial charge in [0.25, 0.3) is 0 Å². The number of hydrogen-bond acceptors (Lipinski definition) is 3. The summed E-state index contributed by atoms with van der Waals surface area (Å²) in [5.41, 5.74) is 1.35. The zero-order valence-corrected chi connectivity index (χ0v) is 25.6. The van der Waals surface area contributed by atoms with Crippen LogP contribution in [0.4, 0.5) is 14.9 Å². The summed E-state index contributed by atoms with van der Waals surface area (Å²) in [6, 6.07) is 6.00. The Bertz CT molecular complexity index is 1140. The molecule has 4 unspecified atom stereocenters. The molecule has 4 aliphatic carbocycles. The molecule has 1 aromatic carbocycles. The molecule has 6 aliphatic rings. The van der Waals surface area contributed by atoms with Crippen molar-refractivity contribution in [3.05, 3.63) is 30.1 Å². The van der Waals surface area contributed by atoms with E-state index in [-0.39, 0.29) is 23.7 Å². The van der Waals surface area contributed by atoms with Crippen molar-refractivity contribution in [1.29, 1.82) is 0 Å². The number of hydrogen-bond donors (Lipinski definition) is 2. The van der Waals surface area contributed by atoms with E-state index in [2.05, 4.69) is 38.3 Å². The molecule has 1 spiro atoms. The lowest BCUT2D eigenvalue weighted by molar-refractivity contribution is -0.250. The molecular formula is C35H51FN2O3. The molecule has 226 valence electrons. The molecule has 0 radical (unpaired) electrons. The largest absolute Gasteiger partial charge is 0.349 e. The Morgan fingerprint density at radius 2 is 1.71 bits per heavy atom. The molecule has 12 atom stereocenters. The van der Waals surface area contributed by atoms with Crippen molar-refractivity contribution in [2.24, 2.45) is 52.3 Å². The SMILES string of the molecule is CC1CCC[C@@]2(OC1)O[C@H]1CC3[C@@H]4CCC5C[C@H](NC(=O)Nc6ccc(F)cc6)CC[C@]5(C)C4CC[C@]3(C)[C@H]1[C@@H]2C. The average Bonchev–Trinajstić information content (AvgIpc) is 3.29. The monoisotopic (exact) mass is 566 g/mol. The number of urea groups is 1. The van der Waals surface area contributed by atoms with Gasteiger partial charge in [0, 0.05) is 24.1 Å². The summed E-state index contributed by atoms with van der Waals surface area (Å²) in [5.74, 6) is 4.09. The lowest BCUT2D eigenvalue weighted by Crippen LogP contribution is -2.56. The lowest BCUT2D eigenvalue weighted by Gasteiger charge is -2.61. The first-order valence-corrected chi connectivity index (χ1v) is 16.8. The van der Waals surface area contributed by atoms with Crippen LogP contribution < -0.4 is 10.6 Å². The van der Waals surface area contributed by atoms with Gasteiger partial charge in [-0.15, -0.1) is 0 Å². The Balaban J connectivity index is 1.01. The van der Waals surface area contributed by atoms with Crippen molar-refractivity contribution in [2.45, 2.75) is 116 Å². The van der Waals surface area contributed by atoms with Gasteiger partial charge in [0.1, 0.15) is 5.82 Å². The molecule has 6 heteroatoms. The Hall–Kier alpha value is -1.66. The van der Waals surface area contributed by atoms with Gasteiger partial charge in [-0.25, -0.2) is 9.18 Å². The van der Waals surface area contributed by atoms with Gasteiger partial charge in [-0.05, 0) is 135 Å². The third kappa shape index (κ3) is 4.56. The number of ether oxygens (including phenoxy) is 2. The third-order valence-corrected chi connectivity index (χ3v) is 13.6. The minimum Gasteiger partial charge on any atom is -0.349 e. The zero-order chi connectivity index (χ0) is 28.6. The number of benzene rings is 1. The van der Waals surface area contributed by atoms with Gasteiger partial charge in [0.2, 0.25) is 0 Å². The summed E-state index contributed by atoms with van der Waals surface area (Å²) in [7, 11) is 0. The van der Waals surface area contributed by atoms with Gasteiger partial charge < -0.3 is 20.1 Å². The van der Waals surface area contributed by atoms with Crippen LogP contribution in [0.25, 0.3) is 0 Å². The van der Waals surface area contributed by atoms with Crippen molar-refractivity contribution in [1.82, 2.24) is 5.32 Å². The molecule has 2 saturated heterocycles. The first-order valence-electron chi connectivity index (χ1n) is 16.8. The van der Waals surface area contributed by atoms with E-state index < -0.39 is 0 Å². The van der Waals surface area contributed by atoms with Crippen LogP contribution in [0.1, 0.15) is 98.3 Å². The molecule has 2 aliphatic heterocycles.